The molecule has 6 heteroatoms. The monoisotopic (exact) mass is 362 g/mol. The van der Waals surface area contributed by atoms with Crippen molar-refractivity contribution in [3.63, 3.8) is 0 Å². The summed E-state index contributed by atoms with van der Waals surface area (Å²) in [5.41, 5.74) is 6.21. The molecule has 0 fully saturated rings. The van der Waals surface area contributed by atoms with E-state index in [0.29, 0.717) is 34.1 Å². The Bertz CT molecular complexity index is 480. The molecular weight excluding hydrogens is 344 g/mol. The number of anilines is 1. The number of carbonyl (C=O) groups is 1. The van der Waals surface area contributed by atoms with Crippen LogP contribution in [0.5, 0.6) is 5.75 Å². The first-order valence-electron chi connectivity index (χ1n) is 6.53. The molecule has 0 bridgehead atoms. The van der Waals surface area contributed by atoms with Gasteiger partial charge in [-0.05, 0) is 40.9 Å². The van der Waals surface area contributed by atoms with E-state index in [-0.39, 0.29) is 17.7 Å². The van der Waals surface area contributed by atoms with Gasteiger partial charge in [0.25, 0.3) is 0 Å². The van der Waals surface area contributed by atoms with Gasteiger partial charge in [0.15, 0.2) is 5.75 Å². The predicted molar refractivity (Wildman–Crippen MR) is 86.3 cm³/mol. The van der Waals surface area contributed by atoms with Gasteiger partial charge in [-0.25, -0.2) is 0 Å². The number of hydrogen-bond acceptors (Lipinski definition) is 3. The Hall–Kier alpha value is -0.780. The van der Waals surface area contributed by atoms with Gasteiger partial charge in [-0.3, -0.25) is 4.79 Å². The number of carbonyl (C=O) groups excluding carboxylic acids is 1. The quantitative estimate of drug-likeness (QED) is 0.810. The van der Waals surface area contributed by atoms with Gasteiger partial charge in [-0.2, -0.15) is 0 Å². The lowest BCUT2D eigenvalue weighted by Crippen LogP contribution is -2.33. The van der Waals surface area contributed by atoms with Crippen LogP contribution in [0.2, 0.25) is 5.02 Å². The van der Waals surface area contributed by atoms with Gasteiger partial charge in [0, 0.05) is 11.6 Å². The molecule has 4 nitrogen and oxygen atoms in total. The molecule has 0 saturated carbocycles. The minimum absolute atomic E-state index is 0.127. The van der Waals surface area contributed by atoms with Crippen LogP contribution in [0.25, 0.3) is 0 Å². The largest absolute Gasteiger partial charge is 0.491 e. The molecule has 1 atom stereocenters. The molecule has 1 amide bonds. The highest BCUT2D eigenvalue weighted by Gasteiger charge is 2.22. The zero-order valence-corrected chi connectivity index (χ0v) is 14.2. The van der Waals surface area contributed by atoms with Crippen molar-refractivity contribution in [3.8, 4) is 5.75 Å². The standard InChI is InChI=1S/C14H20BrClN2O2/c1-4-20-13-11(15)5-9(16)6-12(13)18-14(19)10(7-17)8(2)3/h5-6,8,10H,4,7,17H2,1-3H3,(H,18,19). The van der Waals surface area contributed by atoms with Gasteiger partial charge in [0.2, 0.25) is 5.91 Å². The molecule has 0 aromatic heterocycles. The third-order valence-electron chi connectivity index (χ3n) is 2.95. The second-order valence-corrected chi connectivity index (χ2v) is 6.06. The van der Waals surface area contributed by atoms with Crippen LogP contribution in [0, 0.1) is 11.8 Å². The summed E-state index contributed by atoms with van der Waals surface area (Å²) >= 11 is 9.41. The van der Waals surface area contributed by atoms with E-state index in [1.807, 2.05) is 20.8 Å². The molecule has 0 heterocycles. The first-order valence-corrected chi connectivity index (χ1v) is 7.70. The minimum atomic E-state index is -0.248. The van der Waals surface area contributed by atoms with Crippen molar-refractivity contribution < 1.29 is 9.53 Å². The summed E-state index contributed by atoms with van der Waals surface area (Å²) in [5.74, 6) is 0.364. The Morgan fingerprint density at radius 1 is 1.50 bits per heavy atom. The Labute approximate surface area is 133 Å². The Kier molecular flexibility index (Phi) is 6.79. The van der Waals surface area contributed by atoms with Gasteiger partial charge >= 0.3 is 0 Å². The maximum Gasteiger partial charge on any atom is 0.229 e. The molecule has 3 N–H and O–H groups in total. The first kappa shape index (κ1) is 17.3. The maximum atomic E-state index is 12.3. The van der Waals surface area contributed by atoms with Crippen molar-refractivity contribution in [2.45, 2.75) is 20.8 Å². The van der Waals surface area contributed by atoms with Crippen molar-refractivity contribution in [3.05, 3.63) is 21.6 Å². The van der Waals surface area contributed by atoms with Crippen molar-refractivity contribution in [2.75, 3.05) is 18.5 Å². The minimum Gasteiger partial charge on any atom is -0.491 e. The number of amides is 1. The molecule has 0 aliphatic carbocycles. The highest BCUT2D eigenvalue weighted by atomic mass is 79.9. The molecule has 20 heavy (non-hydrogen) atoms. The molecule has 0 saturated heterocycles. The summed E-state index contributed by atoms with van der Waals surface area (Å²) in [5, 5.41) is 3.37. The molecule has 112 valence electrons. The normalized spacial score (nSPS) is 12.3. The average Bonchev–Trinajstić information content (AvgIpc) is 2.33. The Balaban J connectivity index is 3.04. The summed E-state index contributed by atoms with van der Waals surface area (Å²) < 4.78 is 6.25. The van der Waals surface area contributed by atoms with Gasteiger partial charge in [-0.1, -0.05) is 25.4 Å². The van der Waals surface area contributed by atoms with Gasteiger partial charge in [0.1, 0.15) is 0 Å². The second kappa shape index (κ2) is 7.86. The summed E-state index contributed by atoms with van der Waals surface area (Å²) in [4.78, 5) is 12.3. The summed E-state index contributed by atoms with van der Waals surface area (Å²) in [6.07, 6.45) is 0. The number of benzene rings is 1. The fourth-order valence-electron chi connectivity index (χ4n) is 1.85. The third kappa shape index (κ3) is 4.36. The van der Waals surface area contributed by atoms with E-state index in [1.165, 1.54) is 0 Å². The SMILES string of the molecule is CCOc1c(Br)cc(Cl)cc1NC(=O)C(CN)C(C)C. The lowest BCUT2D eigenvalue weighted by molar-refractivity contribution is -0.120. The molecular formula is C14H20BrClN2O2. The summed E-state index contributed by atoms with van der Waals surface area (Å²) in [6, 6.07) is 3.40. The van der Waals surface area contributed by atoms with E-state index in [1.54, 1.807) is 12.1 Å². The van der Waals surface area contributed by atoms with Crippen LogP contribution >= 0.6 is 27.5 Å². The van der Waals surface area contributed by atoms with E-state index < -0.39 is 0 Å². The van der Waals surface area contributed by atoms with Crippen LogP contribution in [0.3, 0.4) is 0 Å². The topological polar surface area (TPSA) is 64.3 Å². The number of rotatable bonds is 6. The molecule has 0 spiro atoms. The van der Waals surface area contributed by atoms with Crippen molar-refractivity contribution in [1.29, 1.82) is 0 Å². The highest BCUT2D eigenvalue weighted by molar-refractivity contribution is 9.10. The zero-order valence-electron chi connectivity index (χ0n) is 11.9. The van der Waals surface area contributed by atoms with Crippen LogP contribution in [-0.2, 0) is 4.79 Å². The Morgan fingerprint density at radius 3 is 2.65 bits per heavy atom. The number of nitrogens with two attached hydrogens (primary N) is 1. The number of ether oxygens (including phenoxy) is 1. The lowest BCUT2D eigenvalue weighted by atomic mass is 9.95. The number of halogens is 2. The lowest BCUT2D eigenvalue weighted by Gasteiger charge is -2.20. The average molecular weight is 364 g/mol. The van der Waals surface area contributed by atoms with E-state index in [4.69, 9.17) is 22.1 Å². The molecule has 1 aromatic rings. The van der Waals surface area contributed by atoms with Crippen molar-refractivity contribution in [2.24, 2.45) is 17.6 Å². The van der Waals surface area contributed by atoms with E-state index in [0.717, 1.165) is 0 Å². The van der Waals surface area contributed by atoms with E-state index in [9.17, 15) is 4.79 Å². The number of hydrogen-bond donors (Lipinski definition) is 2. The van der Waals surface area contributed by atoms with Crippen molar-refractivity contribution in [1.82, 2.24) is 0 Å². The van der Waals surface area contributed by atoms with Gasteiger partial charge in [-0.15, -0.1) is 0 Å². The van der Waals surface area contributed by atoms with Crippen LogP contribution < -0.4 is 15.8 Å². The van der Waals surface area contributed by atoms with Crippen LogP contribution in [0.4, 0.5) is 5.69 Å². The van der Waals surface area contributed by atoms with Crippen LogP contribution in [0.15, 0.2) is 16.6 Å². The van der Waals surface area contributed by atoms with Gasteiger partial charge in [0.05, 0.1) is 22.7 Å². The molecule has 0 radical (unpaired) electrons. The number of nitrogens with one attached hydrogen (secondary N) is 1. The van der Waals surface area contributed by atoms with Gasteiger partial charge < -0.3 is 15.8 Å². The molecule has 1 unspecified atom stereocenters. The van der Waals surface area contributed by atoms with Crippen LogP contribution in [-0.4, -0.2) is 19.1 Å². The molecule has 0 aliphatic heterocycles. The fourth-order valence-corrected chi connectivity index (χ4v) is 2.78. The molecule has 1 rings (SSSR count). The van der Waals surface area contributed by atoms with Crippen molar-refractivity contribution >= 4 is 39.1 Å². The highest BCUT2D eigenvalue weighted by Crippen LogP contribution is 2.37. The zero-order chi connectivity index (χ0) is 15.3. The Morgan fingerprint density at radius 2 is 2.15 bits per heavy atom. The first-order chi connectivity index (χ1) is 9.40. The fraction of sp³-hybridized carbons (Fsp3) is 0.500. The van der Waals surface area contributed by atoms with E-state index >= 15 is 0 Å². The second-order valence-electron chi connectivity index (χ2n) is 4.77. The third-order valence-corrected chi connectivity index (χ3v) is 3.76. The van der Waals surface area contributed by atoms with Crippen LogP contribution in [0.1, 0.15) is 20.8 Å². The molecule has 1 aromatic carbocycles. The summed E-state index contributed by atoms with van der Waals surface area (Å²) in [7, 11) is 0. The smallest absolute Gasteiger partial charge is 0.229 e. The summed E-state index contributed by atoms with van der Waals surface area (Å²) in [6.45, 7) is 6.61. The maximum absolute atomic E-state index is 12.3. The predicted octanol–water partition coefficient (Wildman–Crippen LogP) is 3.67. The molecule has 0 aliphatic rings. The van der Waals surface area contributed by atoms with E-state index in [2.05, 4.69) is 21.2 Å².